The molecule has 0 aliphatic carbocycles. The van der Waals surface area contributed by atoms with Gasteiger partial charge in [0, 0.05) is 6.42 Å². The van der Waals surface area contributed by atoms with Crippen LogP contribution in [0.4, 0.5) is 0 Å². The second-order valence-electron chi connectivity index (χ2n) is 3.94. The van der Waals surface area contributed by atoms with Crippen LogP contribution in [0, 0.1) is 0 Å². The molecule has 0 aliphatic rings. The van der Waals surface area contributed by atoms with Crippen molar-refractivity contribution in [1.82, 2.24) is 0 Å². The lowest BCUT2D eigenvalue weighted by atomic mass is 10.2. The summed E-state index contributed by atoms with van der Waals surface area (Å²) in [6, 6.07) is 9.98. The number of rotatable bonds is 10. The van der Waals surface area contributed by atoms with Gasteiger partial charge in [-0.2, -0.15) is 0 Å². The fraction of sp³-hybridized carbons (Fsp3) is 0.400. The van der Waals surface area contributed by atoms with Crippen molar-refractivity contribution in [3.8, 4) is 0 Å². The van der Waals surface area contributed by atoms with Crippen LogP contribution in [0.25, 0.3) is 0 Å². The molecular weight excluding hydrogens is 228 g/mol. The minimum Gasteiger partial charge on any atom is -0.475 e. The van der Waals surface area contributed by atoms with E-state index in [1.165, 1.54) is 0 Å². The Morgan fingerprint density at radius 1 is 1.06 bits per heavy atom. The van der Waals surface area contributed by atoms with Crippen LogP contribution in [0.15, 0.2) is 42.7 Å². The summed E-state index contributed by atoms with van der Waals surface area (Å²) in [4.78, 5) is 10.1. The molecule has 1 aromatic carbocycles. The van der Waals surface area contributed by atoms with E-state index in [-0.39, 0.29) is 6.79 Å². The van der Waals surface area contributed by atoms with Gasteiger partial charge < -0.3 is 14.3 Å². The molecule has 0 amide bonds. The largest absolute Gasteiger partial charge is 0.475 e. The monoisotopic (exact) mass is 248 g/mol. The molecule has 1 rings (SSSR count). The summed E-state index contributed by atoms with van der Waals surface area (Å²) in [5.41, 5.74) is 1.14. The molecule has 0 saturated carbocycles. The van der Waals surface area contributed by atoms with Gasteiger partial charge in [-0.25, -0.2) is 0 Å². The molecular formula is C15H20O3. The van der Waals surface area contributed by atoms with Crippen molar-refractivity contribution in [1.29, 1.82) is 0 Å². The summed E-state index contributed by atoms with van der Waals surface area (Å²) in [5, 5.41) is 0. The SMILES string of the molecule is O=CCCCCC=COCOCc1ccccc1. The molecule has 0 radical (unpaired) electrons. The first-order valence-corrected chi connectivity index (χ1v) is 6.25. The Hall–Kier alpha value is -1.61. The highest BCUT2D eigenvalue weighted by atomic mass is 16.7. The molecule has 0 fully saturated rings. The lowest BCUT2D eigenvalue weighted by molar-refractivity contribution is -0.107. The van der Waals surface area contributed by atoms with Crippen molar-refractivity contribution in [3.05, 3.63) is 48.2 Å². The number of hydrogen-bond acceptors (Lipinski definition) is 3. The summed E-state index contributed by atoms with van der Waals surface area (Å²) >= 11 is 0. The number of allylic oxidation sites excluding steroid dienone is 1. The number of ether oxygens (including phenoxy) is 2. The first-order chi connectivity index (χ1) is 8.93. The first-order valence-electron chi connectivity index (χ1n) is 6.25. The van der Waals surface area contributed by atoms with Gasteiger partial charge in [0.05, 0.1) is 12.9 Å². The molecule has 3 heteroatoms. The molecule has 0 heterocycles. The minimum absolute atomic E-state index is 0.264. The molecule has 0 spiro atoms. The van der Waals surface area contributed by atoms with Gasteiger partial charge in [0.15, 0.2) is 6.79 Å². The summed E-state index contributed by atoms with van der Waals surface area (Å²) < 4.78 is 10.5. The van der Waals surface area contributed by atoms with Gasteiger partial charge >= 0.3 is 0 Å². The summed E-state index contributed by atoms with van der Waals surface area (Å²) in [6.07, 6.45) is 8.11. The quantitative estimate of drug-likeness (QED) is 0.275. The van der Waals surface area contributed by atoms with Crippen molar-refractivity contribution in [2.24, 2.45) is 0 Å². The maximum atomic E-state index is 10.1. The lowest BCUT2D eigenvalue weighted by Gasteiger charge is -2.03. The van der Waals surface area contributed by atoms with Crippen LogP contribution >= 0.6 is 0 Å². The first kappa shape index (κ1) is 14.5. The summed E-state index contributed by atoms with van der Waals surface area (Å²) in [5.74, 6) is 0. The predicted octanol–water partition coefficient (Wildman–Crippen LogP) is 3.45. The third kappa shape index (κ3) is 7.63. The van der Waals surface area contributed by atoms with Crippen molar-refractivity contribution in [2.45, 2.75) is 32.3 Å². The van der Waals surface area contributed by atoms with Gasteiger partial charge in [0.2, 0.25) is 0 Å². The van der Waals surface area contributed by atoms with Crippen LogP contribution in [-0.4, -0.2) is 13.1 Å². The van der Waals surface area contributed by atoms with Crippen molar-refractivity contribution in [3.63, 3.8) is 0 Å². The Bertz CT molecular complexity index is 333. The van der Waals surface area contributed by atoms with Gasteiger partial charge in [0.25, 0.3) is 0 Å². The molecule has 0 atom stereocenters. The maximum absolute atomic E-state index is 10.1. The van der Waals surface area contributed by atoms with E-state index >= 15 is 0 Å². The van der Waals surface area contributed by atoms with E-state index in [0.717, 1.165) is 31.1 Å². The number of carbonyl (C=O) groups is 1. The second-order valence-corrected chi connectivity index (χ2v) is 3.94. The zero-order valence-electron chi connectivity index (χ0n) is 10.6. The molecule has 0 saturated heterocycles. The molecule has 0 unspecified atom stereocenters. The Kier molecular flexibility index (Phi) is 8.46. The van der Waals surface area contributed by atoms with E-state index < -0.39 is 0 Å². The topological polar surface area (TPSA) is 35.5 Å². The Balaban J connectivity index is 1.92. The second kappa shape index (κ2) is 10.5. The smallest absolute Gasteiger partial charge is 0.188 e. The standard InChI is InChI=1S/C15H20O3/c16-11-7-2-1-3-8-12-17-14-18-13-15-9-5-4-6-10-15/h4-6,8-12H,1-3,7,13-14H2. The van der Waals surface area contributed by atoms with Gasteiger partial charge in [-0.15, -0.1) is 0 Å². The van der Waals surface area contributed by atoms with Crippen LogP contribution in [-0.2, 0) is 20.9 Å². The normalized spacial score (nSPS) is 10.7. The molecule has 0 bridgehead atoms. The highest BCUT2D eigenvalue weighted by Crippen LogP contribution is 2.01. The highest BCUT2D eigenvalue weighted by Gasteiger charge is 1.90. The van der Waals surface area contributed by atoms with E-state index in [2.05, 4.69) is 0 Å². The van der Waals surface area contributed by atoms with E-state index in [9.17, 15) is 4.79 Å². The zero-order chi connectivity index (χ0) is 12.9. The minimum atomic E-state index is 0.264. The van der Waals surface area contributed by atoms with E-state index in [4.69, 9.17) is 9.47 Å². The van der Waals surface area contributed by atoms with Gasteiger partial charge in [-0.1, -0.05) is 30.3 Å². The molecule has 3 nitrogen and oxygen atoms in total. The zero-order valence-corrected chi connectivity index (χ0v) is 10.6. The third-order valence-corrected chi connectivity index (χ3v) is 2.40. The predicted molar refractivity (Wildman–Crippen MR) is 70.9 cm³/mol. The van der Waals surface area contributed by atoms with Crippen molar-refractivity contribution >= 4 is 6.29 Å². The van der Waals surface area contributed by atoms with E-state index in [1.54, 1.807) is 6.26 Å². The fourth-order valence-electron chi connectivity index (χ4n) is 1.45. The van der Waals surface area contributed by atoms with Crippen LogP contribution in [0.3, 0.4) is 0 Å². The van der Waals surface area contributed by atoms with Crippen LogP contribution in [0.2, 0.25) is 0 Å². The Morgan fingerprint density at radius 3 is 2.61 bits per heavy atom. The van der Waals surface area contributed by atoms with Crippen LogP contribution in [0.1, 0.15) is 31.2 Å². The molecule has 98 valence electrons. The van der Waals surface area contributed by atoms with Gasteiger partial charge in [0.1, 0.15) is 6.29 Å². The number of carbonyl (C=O) groups excluding carboxylic acids is 1. The van der Waals surface area contributed by atoms with Crippen molar-refractivity contribution < 1.29 is 14.3 Å². The average molecular weight is 248 g/mol. The Morgan fingerprint density at radius 2 is 1.83 bits per heavy atom. The Labute approximate surface area is 108 Å². The number of benzene rings is 1. The molecule has 0 aliphatic heterocycles. The van der Waals surface area contributed by atoms with Crippen LogP contribution < -0.4 is 0 Å². The number of unbranched alkanes of at least 4 members (excludes halogenated alkanes) is 3. The fourth-order valence-corrected chi connectivity index (χ4v) is 1.45. The number of hydrogen-bond donors (Lipinski definition) is 0. The van der Waals surface area contributed by atoms with Gasteiger partial charge in [-0.05, 0) is 30.9 Å². The molecule has 0 N–H and O–H groups in total. The van der Waals surface area contributed by atoms with Gasteiger partial charge in [-0.3, -0.25) is 0 Å². The highest BCUT2D eigenvalue weighted by molar-refractivity contribution is 5.48. The maximum Gasteiger partial charge on any atom is 0.188 e. The average Bonchev–Trinajstić information content (AvgIpc) is 2.42. The lowest BCUT2D eigenvalue weighted by Crippen LogP contribution is -1.96. The van der Waals surface area contributed by atoms with E-state index in [0.29, 0.717) is 13.0 Å². The summed E-state index contributed by atoms with van der Waals surface area (Å²) in [6.45, 7) is 0.827. The third-order valence-electron chi connectivity index (χ3n) is 2.40. The van der Waals surface area contributed by atoms with Crippen LogP contribution in [0.5, 0.6) is 0 Å². The molecule has 18 heavy (non-hydrogen) atoms. The summed E-state index contributed by atoms with van der Waals surface area (Å²) in [7, 11) is 0. The molecule has 1 aromatic rings. The van der Waals surface area contributed by atoms with Crippen molar-refractivity contribution in [2.75, 3.05) is 6.79 Å². The molecule has 0 aromatic heterocycles. The number of aldehydes is 1. The van der Waals surface area contributed by atoms with E-state index in [1.807, 2.05) is 36.4 Å².